The van der Waals surface area contributed by atoms with Crippen LogP contribution in [0, 0.1) is 0 Å². The van der Waals surface area contributed by atoms with Gasteiger partial charge in [-0.05, 0) is 19.2 Å². The lowest BCUT2D eigenvalue weighted by Gasteiger charge is -2.27. The summed E-state index contributed by atoms with van der Waals surface area (Å²) in [6, 6.07) is 7.72. The second-order valence-corrected chi connectivity index (χ2v) is 5.67. The van der Waals surface area contributed by atoms with Crippen molar-refractivity contribution in [2.45, 2.75) is 6.10 Å². The van der Waals surface area contributed by atoms with E-state index in [1.807, 2.05) is 24.3 Å². The molecule has 0 aromatic heterocycles. The van der Waals surface area contributed by atoms with Crippen LogP contribution in [0.4, 0.5) is 0 Å². The molecule has 1 aliphatic rings. The van der Waals surface area contributed by atoms with Gasteiger partial charge in [0.15, 0.2) is 17.5 Å². The van der Waals surface area contributed by atoms with Crippen LogP contribution >= 0.6 is 0 Å². The number of nitrogens with one attached hydrogen (secondary N) is 2. The molecule has 0 aliphatic carbocycles. The molecule has 0 saturated heterocycles. The Morgan fingerprint density at radius 2 is 2.08 bits per heavy atom. The average Bonchev–Trinajstić information content (AvgIpc) is 2.62. The van der Waals surface area contributed by atoms with Gasteiger partial charge in [-0.15, -0.1) is 0 Å². The van der Waals surface area contributed by atoms with E-state index in [0.29, 0.717) is 13.2 Å². The smallest absolute Gasteiger partial charge is 0.191 e. The average molecular weight is 336 g/mol. The van der Waals surface area contributed by atoms with Gasteiger partial charge in [-0.2, -0.15) is 0 Å². The zero-order chi connectivity index (χ0) is 17.2. The molecule has 134 valence electrons. The Kier molecular flexibility index (Phi) is 7.64. The number of likely N-dealkylation sites (N-methyl/N-ethyl adjacent to an activating group) is 1. The molecule has 0 bridgehead atoms. The van der Waals surface area contributed by atoms with E-state index in [1.165, 1.54) is 0 Å². The molecule has 0 saturated carbocycles. The second-order valence-electron chi connectivity index (χ2n) is 5.67. The van der Waals surface area contributed by atoms with Crippen LogP contribution in [-0.4, -0.2) is 77.6 Å². The van der Waals surface area contributed by atoms with Gasteiger partial charge >= 0.3 is 0 Å². The summed E-state index contributed by atoms with van der Waals surface area (Å²) >= 11 is 0. The van der Waals surface area contributed by atoms with Gasteiger partial charge in [0.05, 0.1) is 13.2 Å². The summed E-state index contributed by atoms with van der Waals surface area (Å²) in [5.41, 5.74) is 0. The maximum absolute atomic E-state index is 5.92. The van der Waals surface area contributed by atoms with Crippen LogP contribution in [0.3, 0.4) is 0 Å². The largest absolute Gasteiger partial charge is 0.486 e. The SMILES string of the molecule is CN=C(NCCN(C)CCOC)NCC1COc2ccccc2O1. The summed E-state index contributed by atoms with van der Waals surface area (Å²) in [6.45, 7) is 4.54. The molecule has 0 amide bonds. The minimum atomic E-state index is -0.0390. The molecular weight excluding hydrogens is 308 g/mol. The van der Waals surface area contributed by atoms with Gasteiger partial charge in [-0.3, -0.25) is 4.99 Å². The van der Waals surface area contributed by atoms with Crippen molar-refractivity contribution in [3.05, 3.63) is 24.3 Å². The van der Waals surface area contributed by atoms with Crippen molar-refractivity contribution in [2.24, 2.45) is 4.99 Å². The number of ether oxygens (including phenoxy) is 3. The van der Waals surface area contributed by atoms with E-state index >= 15 is 0 Å². The quantitative estimate of drug-likeness (QED) is 0.534. The third kappa shape index (κ3) is 5.90. The third-order valence-electron chi connectivity index (χ3n) is 3.75. The molecule has 1 unspecified atom stereocenters. The summed E-state index contributed by atoms with van der Waals surface area (Å²) in [4.78, 5) is 6.44. The van der Waals surface area contributed by atoms with Gasteiger partial charge < -0.3 is 29.7 Å². The van der Waals surface area contributed by atoms with E-state index in [-0.39, 0.29) is 6.10 Å². The van der Waals surface area contributed by atoms with Crippen molar-refractivity contribution in [1.29, 1.82) is 0 Å². The molecule has 1 aromatic rings. The number of aliphatic imine (C=N–C) groups is 1. The normalized spacial score (nSPS) is 17.0. The predicted octanol–water partition coefficient (Wildman–Crippen LogP) is 0.570. The monoisotopic (exact) mass is 336 g/mol. The molecule has 1 atom stereocenters. The van der Waals surface area contributed by atoms with Crippen LogP contribution in [0.15, 0.2) is 29.3 Å². The van der Waals surface area contributed by atoms with E-state index in [2.05, 4.69) is 27.6 Å². The van der Waals surface area contributed by atoms with Crippen molar-refractivity contribution in [2.75, 3.05) is 60.6 Å². The maximum atomic E-state index is 5.92. The first-order chi connectivity index (χ1) is 11.7. The fourth-order valence-electron chi connectivity index (χ4n) is 2.32. The zero-order valence-electron chi connectivity index (χ0n) is 14.7. The van der Waals surface area contributed by atoms with E-state index in [9.17, 15) is 0 Å². The van der Waals surface area contributed by atoms with Crippen molar-refractivity contribution in [3.8, 4) is 11.5 Å². The maximum Gasteiger partial charge on any atom is 0.191 e. The topological polar surface area (TPSA) is 67.4 Å². The van der Waals surface area contributed by atoms with Gasteiger partial charge in [0.2, 0.25) is 0 Å². The highest BCUT2D eigenvalue weighted by atomic mass is 16.6. The Labute approximate surface area is 144 Å². The Hall–Kier alpha value is -1.99. The third-order valence-corrected chi connectivity index (χ3v) is 3.75. The fourth-order valence-corrected chi connectivity index (χ4v) is 2.32. The molecule has 7 nitrogen and oxygen atoms in total. The fraction of sp³-hybridized carbons (Fsp3) is 0.588. The van der Waals surface area contributed by atoms with Gasteiger partial charge in [0, 0.05) is 33.8 Å². The highest BCUT2D eigenvalue weighted by Crippen LogP contribution is 2.30. The molecule has 0 radical (unpaired) electrons. The van der Waals surface area contributed by atoms with Crippen LogP contribution in [0.2, 0.25) is 0 Å². The Bertz CT molecular complexity index is 524. The van der Waals surface area contributed by atoms with Gasteiger partial charge in [0.25, 0.3) is 0 Å². The Balaban J connectivity index is 1.67. The number of benzene rings is 1. The molecule has 0 fully saturated rings. The van der Waals surface area contributed by atoms with Gasteiger partial charge in [0.1, 0.15) is 12.7 Å². The van der Waals surface area contributed by atoms with Gasteiger partial charge in [-0.25, -0.2) is 0 Å². The Morgan fingerprint density at radius 3 is 2.83 bits per heavy atom. The number of guanidine groups is 1. The minimum Gasteiger partial charge on any atom is -0.486 e. The zero-order valence-corrected chi connectivity index (χ0v) is 14.7. The first-order valence-electron chi connectivity index (χ1n) is 8.23. The molecule has 1 aliphatic heterocycles. The molecule has 2 rings (SSSR count). The summed E-state index contributed by atoms with van der Waals surface area (Å²) in [6.07, 6.45) is -0.0390. The van der Waals surface area contributed by atoms with E-state index in [0.717, 1.165) is 43.7 Å². The molecule has 2 N–H and O–H groups in total. The number of hydrogen-bond donors (Lipinski definition) is 2. The summed E-state index contributed by atoms with van der Waals surface area (Å²) < 4.78 is 16.7. The highest BCUT2D eigenvalue weighted by Gasteiger charge is 2.20. The van der Waals surface area contributed by atoms with Crippen LogP contribution in [0.5, 0.6) is 11.5 Å². The molecular formula is C17H28N4O3. The first kappa shape index (κ1) is 18.4. The van der Waals surface area contributed by atoms with Crippen molar-refractivity contribution in [3.63, 3.8) is 0 Å². The number of para-hydroxylation sites is 2. The van der Waals surface area contributed by atoms with Crippen molar-refractivity contribution >= 4 is 5.96 Å². The van der Waals surface area contributed by atoms with Crippen LogP contribution in [0.25, 0.3) is 0 Å². The van der Waals surface area contributed by atoms with Crippen LogP contribution in [-0.2, 0) is 4.74 Å². The molecule has 0 spiro atoms. The minimum absolute atomic E-state index is 0.0390. The lowest BCUT2D eigenvalue weighted by molar-refractivity contribution is 0.0936. The first-order valence-corrected chi connectivity index (χ1v) is 8.23. The number of fused-ring (bicyclic) bond motifs is 1. The number of rotatable bonds is 8. The van der Waals surface area contributed by atoms with Crippen molar-refractivity contribution in [1.82, 2.24) is 15.5 Å². The molecule has 24 heavy (non-hydrogen) atoms. The molecule has 7 heteroatoms. The predicted molar refractivity (Wildman–Crippen MR) is 95.1 cm³/mol. The van der Waals surface area contributed by atoms with Crippen molar-refractivity contribution < 1.29 is 14.2 Å². The van der Waals surface area contributed by atoms with Crippen LogP contribution in [0.1, 0.15) is 0 Å². The van der Waals surface area contributed by atoms with Gasteiger partial charge in [-0.1, -0.05) is 12.1 Å². The lowest BCUT2D eigenvalue weighted by Crippen LogP contribution is -2.46. The lowest BCUT2D eigenvalue weighted by atomic mass is 10.2. The number of hydrogen-bond acceptors (Lipinski definition) is 5. The van der Waals surface area contributed by atoms with Crippen LogP contribution < -0.4 is 20.1 Å². The van der Waals surface area contributed by atoms with E-state index in [1.54, 1.807) is 14.2 Å². The molecule has 1 heterocycles. The Morgan fingerprint density at radius 1 is 1.29 bits per heavy atom. The second kappa shape index (κ2) is 10.00. The number of nitrogens with zero attached hydrogens (tertiary/aromatic N) is 2. The summed E-state index contributed by atoms with van der Waals surface area (Å²) in [5.74, 6) is 2.35. The standard InChI is InChI=1S/C17H28N4O3/c1-18-17(19-8-9-21(2)10-11-22-3)20-12-14-13-23-15-6-4-5-7-16(15)24-14/h4-7,14H,8-13H2,1-3H3,(H2,18,19,20). The highest BCUT2D eigenvalue weighted by molar-refractivity contribution is 5.79. The summed E-state index contributed by atoms with van der Waals surface area (Å²) in [7, 11) is 5.55. The molecule has 1 aromatic carbocycles. The number of methoxy groups -OCH3 is 1. The van der Waals surface area contributed by atoms with E-state index in [4.69, 9.17) is 14.2 Å². The summed E-state index contributed by atoms with van der Waals surface area (Å²) in [5, 5.41) is 6.57. The van der Waals surface area contributed by atoms with E-state index < -0.39 is 0 Å².